The number of carboxylic acids is 1. The van der Waals surface area contributed by atoms with Gasteiger partial charge in [0.1, 0.15) is 12.7 Å². The molecule has 11 nitrogen and oxygen atoms in total. The van der Waals surface area contributed by atoms with Gasteiger partial charge in [0.15, 0.2) is 6.04 Å². The van der Waals surface area contributed by atoms with Crippen LogP contribution < -0.4 is 5.32 Å². The number of phosphoric acid groups is 1. The number of carbonyl (C=O) groups is 3. The van der Waals surface area contributed by atoms with Gasteiger partial charge in [-0.1, -0.05) is 185 Å². The third-order valence-corrected chi connectivity index (χ3v) is 11.1. The number of phosphoric ester groups is 1. The van der Waals surface area contributed by atoms with Crippen molar-refractivity contribution in [1.29, 1.82) is 0 Å². The molecule has 344 valence electrons. The Hall–Kier alpha value is -2.30. The van der Waals surface area contributed by atoms with Crippen molar-refractivity contribution in [2.24, 2.45) is 0 Å². The number of esters is 1. The largest absolute Gasteiger partial charge is 0.480 e. The number of ether oxygens (including phenoxy) is 1. The molecule has 0 aliphatic rings. The Kier molecular flexibility index (Phi) is 40.7. The fourth-order valence-electron chi connectivity index (χ4n) is 6.50. The minimum atomic E-state index is -4.76. The molecule has 0 saturated heterocycles. The molecule has 0 rings (SSSR count). The highest BCUT2D eigenvalue weighted by Crippen LogP contribution is 2.43. The van der Waals surface area contributed by atoms with Gasteiger partial charge in [0.25, 0.3) is 0 Å². The zero-order valence-electron chi connectivity index (χ0n) is 37.3. The fraction of sp³-hybridized carbons (Fsp3) is 0.809. The number of allylic oxidation sites excluding steroid dienone is 6. The molecular weight excluding hydrogens is 769 g/mol. The molecule has 0 saturated carbocycles. The molecule has 0 radical (unpaired) electrons. The van der Waals surface area contributed by atoms with Crippen LogP contribution in [0.4, 0.5) is 0 Å². The molecule has 4 N–H and O–H groups in total. The van der Waals surface area contributed by atoms with Gasteiger partial charge in [-0.15, -0.1) is 0 Å². The highest BCUT2D eigenvalue weighted by atomic mass is 31.2. The van der Waals surface area contributed by atoms with Gasteiger partial charge in [-0.2, -0.15) is 0 Å². The summed E-state index contributed by atoms with van der Waals surface area (Å²) in [6, 6.07) is -1.55. The molecule has 59 heavy (non-hydrogen) atoms. The molecule has 12 heteroatoms. The summed E-state index contributed by atoms with van der Waals surface area (Å²) < 4.78 is 26.9. The first-order chi connectivity index (χ1) is 28.6. The number of rotatable bonds is 44. The highest BCUT2D eigenvalue weighted by molar-refractivity contribution is 7.47. The van der Waals surface area contributed by atoms with Crippen molar-refractivity contribution in [2.45, 2.75) is 225 Å². The summed E-state index contributed by atoms with van der Waals surface area (Å²) in [4.78, 5) is 46.0. The van der Waals surface area contributed by atoms with E-state index in [-0.39, 0.29) is 12.8 Å². The zero-order chi connectivity index (χ0) is 43.5. The first-order valence-electron chi connectivity index (χ1n) is 23.5. The maximum atomic E-state index is 12.3. The average Bonchev–Trinajstić information content (AvgIpc) is 3.21. The van der Waals surface area contributed by atoms with Crippen molar-refractivity contribution in [1.82, 2.24) is 5.32 Å². The first-order valence-corrected chi connectivity index (χ1v) is 25.0. The van der Waals surface area contributed by atoms with E-state index in [1.165, 1.54) is 109 Å². The lowest BCUT2D eigenvalue weighted by Gasteiger charge is -2.18. The minimum Gasteiger partial charge on any atom is -0.480 e. The highest BCUT2D eigenvalue weighted by Gasteiger charge is 2.28. The number of hydrogen-bond donors (Lipinski definition) is 4. The number of nitrogens with one attached hydrogen (secondary N) is 1. The van der Waals surface area contributed by atoms with Crippen LogP contribution in [-0.2, 0) is 32.7 Å². The summed E-state index contributed by atoms with van der Waals surface area (Å²) in [5, 5.41) is 21.9. The van der Waals surface area contributed by atoms with E-state index < -0.39 is 57.6 Å². The van der Waals surface area contributed by atoms with E-state index in [9.17, 15) is 34.1 Å². The van der Waals surface area contributed by atoms with Gasteiger partial charge in [0, 0.05) is 12.8 Å². The summed E-state index contributed by atoms with van der Waals surface area (Å²) >= 11 is 0. The van der Waals surface area contributed by atoms with E-state index >= 15 is 0 Å². The Balaban J connectivity index is 3.88. The molecular formula is C47H86NO10P. The number of aliphatic hydroxyl groups is 1. The summed E-state index contributed by atoms with van der Waals surface area (Å²) in [5.74, 6) is -2.38. The second kappa shape index (κ2) is 42.4. The lowest BCUT2D eigenvalue weighted by atomic mass is 10.0. The maximum Gasteiger partial charge on any atom is 0.472 e. The number of carbonyl (C=O) groups excluding carboxylic acids is 2. The molecule has 0 aromatic carbocycles. The van der Waals surface area contributed by atoms with Crippen LogP contribution >= 0.6 is 7.82 Å². The van der Waals surface area contributed by atoms with Crippen LogP contribution in [0.2, 0.25) is 0 Å². The van der Waals surface area contributed by atoms with Crippen LogP contribution in [0.5, 0.6) is 0 Å². The third kappa shape index (κ3) is 42.2. The van der Waals surface area contributed by atoms with Gasteiger partial charge in [-0.3, -0.25) is 18.6 Å². The number of amides is 1. The third-order valence-electron chi connectivity index (χ3n) is 10.2. The molecule has 3 unspecified atom stereocenters. The van der Waals surface area contributed by atoms with Crippen molar-refractivity contribution < 1.29 is 47.8 Å². The van der Waals surface area contributed by atoms with E-state index in [4.69, 9.17) is 13.8 Å². The van der Waals surface area contributed by atoms with Crippen LogP contribution in [0.1, 0.15) is 213 Å². The van der Waals surface area contributed by atoms with Gasteiger partial charge in [0.05, 0.1) is 13.2 Å². The Labute approximate surface area is 359 Å². The standard InChI is InChI=1S/C47H86NO10P/c1-3-5-7-9-11-13-15-17-19-20-21-22-23-24-25-26-28-30-32-34-36-38-45(50)48-44(47(52)53)42-58-59(54,55)57-41-43(49)40-56-46(51)39-37-35-33-31-29-27-18-16-14-12-10-8-6-4-2/h11,13,17,19,21-22,43-44,49H,3-10,12,14-16,18,20,23-42H2,1-2H3,(H,48,50)(H,52,53)(H,54,55)/b13-11-,19-17-,22-21-. The Morgan fingerprint density at radius 3 is 1.42 bits per heavy atom. The van der Waals surface area contributed by atoms with Crippen LogP contribution in [0.15, 0.2) is 36.5 Å². The summed E-state index contributed by atoms with van der Waals surface area (Å²) in [6.07, 6.45) is 45.9. The summed E-state index contributed by atoms with van der Waals surface area (Å²) in [5.41, 5.74) is 0. The van der Waals surface area contributed by atoms with Crippen molar-refractivity contribution >= 4 is 25.7 Å². The van der Waals surface area contributed by atoms with Crippen LogP contribution in [0.3, 0.4) is 0 Å². The Bertz CT molecular complexity index is 1140. The van der Waals surface area contributed by atoms with Gasteiger partial charge in [-0.05, 0) is 51.4 Å². The summed E-state index contributed by atoms with van der Waals surface area (Å²) in [6.45, 7) is 2.58. The maximum absolute atomic E-state index is 12.3. The molecule has 0 aliphatic heterocycles. The number of aliphatic carboxylic acids is 1. The van der Waals surface area contributed by atoms with Gasteiger partial charge in [0.2, 0.25) is 5.91 Å². The van der Waals surface area contributed by atoms with Crippen molar-refractivity contribution in [3.8, 4) is 0 Å². The predicted molar refractivity (Wildman–Crippen MR) is 240 cm³/mol. The van der Waals surface area contributed by atoms with Crippen LogP contribution in [0, 0.1) is 0 Å². The molecule has 0 fully saturated rings. The second-order valence-corrected chi connectivity index (χ2v) is 17.4. The van der Waals surface area contributed by atoms with Gasteiger partial charge in [-0.25, -0.2) is 9.36 Å². The first kappa shape index (κ1) is 56.7. The molecule has 3 atom stereocenters. The fourth-order valence-corrected chi connectivity index (χ4v) is 7.27. The van der Waals surface area contributed by atoms with E-state index in [0.717, 1.165) is 64.2 Å². The summed E-state index contributed by atoms with van der Waals surface area (Å²) in [7, 11) is -4.76. The minimum absolute atomic E-state index is 0.138. The zero-order valence-corrected chi connectivity index (χ0v) is 38.2. The molecule has 0 aromatic heterocycles. The van der Waals surface area contributed by atoms with Gasteiger partial charge < -0.3 is 25.2 Å². The lowest BCUT2D eigenvalue weighted by Crippen LogP contribution is -2.43. The number of hydrogen-bond acceptors (Lipinski definition) is 8. The average molecular weight is 856 g/mol. The lowest BCUT2D eigenvalue weighted by molar-refractivity contribution is -0.147. The van der Waals surface area contributed by atoms with E-state index in [2.05, 4.69) is 55.6 Å². The Morgan fingerprint density at radius 1 is 0.542 bits per heavy atom. The van der Waals surface area contributed by atoms with Crippen LogP contribution in [0.25, 0.3) is 0 Å². The number of aliphatic hydroxyl groups excluding tert-OH is 1. The number of carboxylic acid groups (broad SMARTS) is 1. The second-order valence-electron chi connectivity index (χ2n) is 15.9. The van der Waals surface area contributed by atoms with Gasteiger partial charge >= 0.3 is 19.8 Å². The SMILES string of the molecule is CCCCC/C=C\C/C=C\C/C=C\CCCCCCCCCCC(=O)NC(COP(=O)(O)OCC(O)COC(=O)CCCCCCCCCCCCCCCC)C(=O)O. The molecule has 0 aliphatic carbocycles. The quantitative estimate of drug-likeness (QED) is 0.0200. The topological polar surface area (TPSA) is 169 Å². The molecule has 1 amide bonds. The smallest absolute Gasteiger partial charge is 0.472 e. The van der Waals surface area contributed by atoms with E-state index in [1.54, 1.807) is 0 Å². The van der Waals surface area contributed by atoms with Crippen molar-refractivity contribution in [3.63, 3.8) is 0 Å². The molecule has 0 bridgehead atoms. The molecule has 0 heterocycles. The van der Waals surface area contributed by atoms with E-state index in [0.29, 0.717) is 12.8 Å². The molecule has 0 spiro atoms. The monoisotopic (exact) mass is 856 g/mol. The van der Waals surface area contributed by atoms with Crippen molar-refractivity contribution in [3.05, 3.63) is 36.5 Å². The van der Waals surface area contributed by atoms with Crippen molar-refractivity contribution in [2.75, 3.05) is 19.8 Å². The molecule has 0 aromatic rings. The van der Waals surface area contributed by atoms with E-state index in [1.807, 2.05) is 0 Å². The predicted octanol–water partition coefficient (Wildman–Crippen LogP) is 12.4. The number of unbranched alkanes of at least 4 members (excludes halogenated alkanes) is 24. The van der Waals surface area contributed by atoms with Crippen LogP contribution in [-0.4, -0.2) is 64.9 Å². The Morgan fingerprint density at radius 2 is 0.932 bits per heavy atom. The normalized spacial score (nSPS) is 14.0.